The van der Waals surface area contributed by atoms with E-state index in [1.54, 1.807) is 4.90 Å². The lowest BCUT2D eigenvalue weighted by molar-refractivity contribution is -0.147. The van der Waals surface area contributed by atoms with Gasteiger partial charge in [0.1, 0.15) is 6.61 Å². The van der Waals surface area contributed by atoms with E-state index in [1.165, 1.54) is 0 Å². The number of hydrogen-bond acceptors (Lipinski definition) is 4. The van der Waals surface area contributed by atoms with E-state index < -0.39 is 12.0 Å². The molecule has 0 saturated carbocycles. The maximum Gasteiger partial charge on any atom is 0.329 e. The summed E-state index contributed by atoms with van der Waals surface area (Å²) in [7, 11) is 0. The van der Waals surface area contributed by atoms with Crippen LogP contribution in [0.4, 0.5) is 0 Å². The fourth-order valence-electron chi connectivity index (χ4n) is 2.00. The third-order valence-corrected chi connectivity index (χ3v) is 3.40. The van der Waals surface area contributed by atoms with Gasteiger partial charge in [0.15, 0.2) is 0 Å². The quantitative estimate of drug-likeness (QED) is 0.775. The molecule has 3 N–H and O–H groups in total. The third-order valence-electron chi connectivity index (χ3n) is 3.40. The van der Waals surface area contributed by atoms with Crippen LogP contribution in [-0.2, 0) is 14.3 Å². The molecule has 0 aromatic rings. The Kier molecular flexibility index (Phi) is 5.31. The van der Waals surface area contributed by atoms with Gasteiger partial charge in [-0.1, -0.05) is 20.8 Å². The van der Waals surface area contributed by atoms with Crippen molar-refractivity contribution < 1.29 is 19.4 Å². The van der Waals surface area contributed by atoms with Gasteiger partial charge in [0, 0.05) is 13.1 Å². The number of carboxylic acid groups (broad SMARTS) is 1. The average Bonchev–Trinajstić information content (AvgIpc) is 2.34. The van der Waals surface area contributed by atoms with Crippen LogP contribution in [0.3, 0.4) is 0 Å². The van der Waals surface area contributed by atoms with Crippen molar-refractivity contribution in [3.8, 4) is 0 Å². The van der Waals surface area contributed by atoms with Crippen molar-refractivity contribution in [2.75, 3.05) is 19.7 Å². The predicted octanol–water partition coefficient (Wildman–Crippen LogP) is 0.452. The molecule has 1 saturated heterocycles. The number of likely N-dealkylation sites (tertiary alicyclic amines) is 1. The number of rotatable bonds is 4. The monoisotopic (exact) mass is 272 g/mol. The SMILES string of the molecule is CC(C)(C)C(N)C(=O)N1CCC(OCC(=O)O)CC1. The van der Waals surface area contributed by atoms with E-state index in [1.807, 2.05) is 20.8 Å². The second-order valence-electron chi connectivity index (χ2n) is 6.07. The Labute approximate surface area is 113 Å². The van der Waals surface area contributed by atoms with Gasteiger partial charge in [0.05, 0.1) is 12.1 Å². The molecular weight excluding hydrogens is 248 g/mol. The summed E-state index contributed by atoms with van der Waals surface area (Å²) in [5.41, 5.74) is 5.70. The highest BCUT2D eigenvalue weighted by Crippen LogP contribution is 2.21. The molecule has 1 amide bonds. The zero-order chi connectivity index (χ0) is 14.6. The van der Waals surface area contributed by atoms with Gasteiger partial charge >= 0.3 is 5.97 Å². The maximum absolute atomic E-state index is 12.2. The summed E-state index contributed by atoms with van der Waals surface area (Å²) < 4.78 is 5.23. The Morgan fingerprint density at radius 1 is 1.37 bits per heavy atom. The minimum atomic E-state index is -0.965. The molecule has 6 nitrogen and oxygen atoms in total. The molecule has 1 atom stereocenters. The van der Waals surface area contributed by atoms with E-state index in [-0.39, 0.29) is 24.0 Å². The van der Waals surface area contributed by atoms with E-state index in [4.69, 9.17) is 15.6 Å². The first-order valence-corrected chi connectivity index (χ1v) is 6.59. The first kappa shape index (κ1) is 15.9. The lowest BCUT2D eigenvalue weighted by atomic mass is 9.86. The number of ether oxygens (including phenoxy) is 1. The van der Waals surface area contributed by atoms with Gasteiger partial charge in [-0.15, -0.1) is 0 Å². The number of carboxylic acids is 1. The van der Waals surface area contributed by atoms with Crippen molar-refractivity contribution in [3.63, 3.8) is 0 Å². The van der Waals surface area contributed by atoms with Gasteiger partial charge in [-0.3, -0.25) is 4.79 Å². The molecular formula is C13H24N2O4. The highest BCUT2D eigenvalue weighted by molar-refractivity contribution is 5.82. The third kappa shape index (κ3) is 4.80. The number of carbonyl (C=O) groups excluding carboxylic acids is 1. The van der Waals surface area contributed by atoms with Crippen LogP contribution in [0.1, 0.15) is 33.6 Å². The Bertz CT molecular complexity index is 330. The lowest BCUT2D eigenvalue weighted by Gasteiger charge is -2.36. The molecule has 1 heterocycles. The number of carbonyl (C=O) groups is 2. The number of amides is 1. The smallest absolute Gasteiger partial charge is 0.329 e. The van der Waals surface area contributed by atoms with Crippen molar-refractivity contribution in [3.05, 3.63) is 0 Å². The molecule has 110 valence electrons. The molecule has 0 bridgehead atoms. The molecule has 19 heavy (non-hydrogen) atoms. The second-order valence-corrected chi connectivity index (χ2v) is 6.07. The number of hydrogen-bond donors (Lipinski definition) is 2. The summed E-state index contributed by atoms with van der Waals surface area (Å²) in [6.45, 7) is 6.70. The summed E-state index contributed by atoms with van der Waals surface area (Å²) >= 11 is 0. The largest absolute Gasteiger partial charge is 0.480 e. The molecule has 1 fully saturated rings. The van der Waals surface area contributed by atoms with Gasteiger partial charge in [-0.25, -0.2) is 4.79 Å². The second kappa shape index (κ2) is 6.34. The fourth-order valence-corrected chi connectivity index (χ4v) is 2.00. The Balaban J connectivity index is 2.41. The molecule has 0 aromatic carbocycles. The molecule has 0 radical (unpaired) electrons. The van der Waals surface area contributed by atoms with Crippen LogP contribution >= 0.6 is 0 Å². The first-order chi connectivity index (χ1) is 8.71. The normalized spacial score (nSPS) is 19.3. The van der Waals surface area contributed by atoms with Crippen LogP contribution in [-0.4, -0.2) is 53.7 Å². The van der Waals surface area contributed by atoms with E-state index in [9.17, 15) is 9.59 Å². The molecule has 1 aliphatic heterocycles. The van der Waals surface area contributed by atoms with E-state index in [0.717, 1.165) is 0 Å². The van der Waals surface area contributed by atoms with Crippen molar-refractivity contribution in [2.24, 2.45) is 11.1 Å². The number of nitrogens with zero attached hydrogens (tertiary/aromatic N) is 1. The number of nitrogens with two attached hydrogens (primary N) is 1. The van der Waals surface area contributed by atoms with Crippen molar-refractivity contribution in [2.45, 2.75) is 45.8 Å². The lowest BCUT2D eigenvalue weighted by Crippen LogP contribution is -2.53. The Morgan fingerprint density at radius 3 is 2.32 bits per heavy atom. The highest BCUT2D eigenvalue weighted by Gasteiger charge is 2.33. The van der Waals surface area contributed by atoms with Crippen LogP contribution < -0.4 is 5.73 Å². The topological polar surface area (TPSA) is 92.9 Å². The van der Waals surface area contributed by atoms with E-state index >= 15 is 0 Å². The van der Waals surface area contributed by atoms with Crippen LogP contribution in [0.15, 0.2) is 0 Å². The molecule has 0 aliphatic carbocycles. The van der Waals surface area contributed by atoms with Gasteiger partial charge in [-0.05, 0) is 18.3 Å². The van der Waals surface area contributed by atoms with E-state index in [2.05, 4.69) is 0 Å². The number of aliphatic carboxylic acids is 1. The molecule has 1 unspecified atom stereocenters. The zero-order valence-corrected chi connectivity index (χ0v) is 11.9. The van der Waals surface area contributed by atoms with Gasteiger partial charge in [0.2, 0.25) is 5.91 Å². The summed E-state index contributed by atoms with van der Waals surface area (Å²) in [5.74, 6) is -1.00. The van der Waals surface area contributed by atoms with E-state index in [0.29, 0.717) is 25.9 Å². The molecule has 6 heteroatoms. The van der Waals surface area contributed by atoms with Crippen LogP contribution in [0.5, 0.6) is 0 Å². The molecule has 0 spiro atoms. The first-order valence-electron chi connectivity index (χ1n) is 6.59. The van der Waals surface area contributed by atoms with Gasteiger partial charge < -0.3 is 20.5 Å². The Morgan fingerprint density at radius 2 is 1.89 bits per heavy atom. The van der Waals surface area contributed by atoms with Crippen LogP contribution in [0.2, 0.25) is 0 Å². The van der Waals surface area contributed by atoms with Crippen LogP contribution in [0, 0.1) is 5.41 Å². The van der Waals surface area contributed by atoms with Gasteiger partial charge in [0.25, 0.3) is 0 Å². The molecule has 1 rings (SSSR count). The fraction of sp³-hybridized carbons (Fsp3) is 0.846. The summed E-state index contributed by atoms with van der Waals surface area (Å²) in [6, 6.07) is -0.510. The predicted molar refractivity (Wildman–Crippen MR) is 70.6 cm³/mol. The summed E-state index contributed by atoms with van der Waals surface area (Å²) in [5, 5.41) is 8.54. The highest BCUT2D eigenvalue weighted by atomic mass is 16.5. The van der Waals surface area contributed by atoms with Gasteiger partial charge in [-0.2, -0.15) is 0 Å². The zero-order valence-electron chi connectivity index (χ0n) is 11.9. The number of piperidine rings is 1. The molecule has 0 aromatic heterocycles. The van der Waals surface area contributed by atoms with Crippen molar-refractivity contribution >= 4 is 11.9 Å². The van der Waals surface area contributed by atoms with Crippen molar-refractivity contribution in [1.29, 1.82) is 0 Å². The Hall–Kier alpha value is -1.14. The average molecular weight is 272 g/mol. The summed E-state index contributed by atoms with van der Waals surface area (Å²) in [6.07, 6.45) is 1.25. The van der Waals surface area contributed by atoms with Crippen LogP contribution in [0.25, 0.3) is 0 Å². The minimum absolute atomic E-state index is 0.0378. The van der Waals surface area contributed by atoms with Crippen molar-refractivity contribution in [1.82, 2.24) is 4.90 Å². The molecule has 1 aliphatic rings. The standard InChI is InChI=1S/C13H24N2O4/c1-13(2,3)11(14)12(18)15-6-4-9(5-7-15)19-8-10(16)17/h9,11H,4-8,14H2,1-3H3,(H,16,17). The maximum atomic E-state index is 12.2. The minimum Gasteiger partial charge on any atom is -0.480 e. The summed E-state index contributed by atoms with van der Waals surface area (Å²) in [4.78, 5) is 24.3.